The predicted octanol–water partition coefficient (Wildman–Crippen LogP) is 3.77. The van der Waals surface area contributed by atoms with E-state index in [4.69, 9.17) is 11.6 Å². The van der Waals surface area contributed by atoms with Crippen LogP contribution in [0.1, 0.15) is 16.7 Å². The Hall–Kier alpha value is -1.70. The lowest BCUT2D eigenvalue weighted by molar-refractivity contribution is -0.119. The molecule has 0 unspecified atom stereocenters. The molecule has 0 saturated heterocycles. The van der Waals surface area contributed by atoms with Crippen molar-refractivity contribution in [3.63, 3.8) is 0 Å². The third-order valence-electron chi connectivity index (χ3n) is 3.91. The predicted molar refractivity (Wildman–Crippen MR) is 119 cm³/mol. The smallest absolute Gasteiger partial charge is 0.240 e. The third-order valence-corrected chi connectivity index (χ3v) is 6.31. The van der Waals surface area contributed by atoms with Crippen molar-refractivity contribution in [1.29, 1.82) is 0 Å². The van der Waals surface area contributed by atoms with Crippen molar-refractivity contribution in [3.05, 3.63) is 64.2 Å². The summed E-state index contributed by atoms with van der Waals surface area (Å²) in [5.74, 6) is 1.20. The van der Waals surface area contributed by atoms with E-state index in [1.54, 1.807) is 23.9 Å². The first-order valence-electron chi connectivity index (χ1n) is 8.80. The topological polar surface area (TPSA) is 66.5 Å². The fraction of sp³-hybridized carbons (Fsp3) is 0.350. The quantitative estimate of drug-likeness (QED) is 0.602. The molecular weight excluding hydrogens is 416 g/mol. The first-order valence-corrected chi connectivity index (χ1v) is 12.2. The van der Waals surface area contributed by atoms with Crippen LogP contribution >= 0.6 is 23.4 Å². The van der Waals surface area contributed by atoms with Crippen molar-refractivity contribution < 1.29 is 13.2 Å². The largest absolute Gasteiger partial charge is 0.354 e. The molecule has 0 spiro atoms. The van der Waals surface area contributed by atoms with Crippen LogP contribution in [0.2, 0.25) is 5.02 Å². The lowest BCUT2D eigenvalue weighted by Gasteiger charge is -2.22. The van der Waals surface area contributed by atoms with E-state index in [9.17, 15) is 13.2 Å². The molecule has 0 aromatic heterocycles. The Labute approximate surface area is 176 Å². The number of nitrogens with zero attached hydrogens (tertiary/aromatic N) is 1. The van der Waals surface area contributed by atoms with Crippen molar-refractivity contribution in [2.24, 2.45) is 0 Å². The summed E-state index contributed by atoms with van der Waals surface area (Å²) in [7, 11) is -3.57. The Morgan fingerprint density at radius 1 is 1.14 bits per heavy atom. The summed E-state index contributed by atoms with van der Waals surface area (Å²) in [4.78, 5) is 12.3. The highest BCUT2D eigenvalue weighted by Crippen LogP contribution is 2.21. The molecule has 1 N–H and O–H groups in total. The number of amides is 1. The average Bonchev–Trinajstić information content (AvgIpc) is 2.57. The van der Waals surface area contributed by atoms with Gasteiger partial charge in [0.25, 0.3) is 0 Å². The number of halogens is 1. The van der Waals surface area contributed by atoms with Gasteiger partial charge in [-0.05, 0) is 54.8 Å². The van der Waals surface area contributed by atoms with Crippen LogP contribution in [-0.4, -0.2) is 39.4 Å². The zero-order valence-corrected chi connectivity index (χ0v) is 18.6. The number of hydrogen-bond donors (Lipinski definition) is 1. The standard InChI is InChI=1S/C20H25ClN2O3S2/c1-15-9-16(2)11-19(10-15)23(28(3,25)26)13-20(24)22-7-8-27-14-17-5-4-6-18(21)12-17/h4-6,9-12H,7-8,13-14H2,1-3H3,(H,22,24). The van der Waals surface area contributed by atoms with Crippen LogP contribution in [0.5, 0.6) is 0 Å². The number of carbonyl (C=O) groups excluding carboxylic acids is 1. The van der Waals surface area contributed by atoms with Gasteiger partial charge in [-0.25, -0.2) is 8.42 Å². The number of anilines is 1. The normalized spacial score (nSPS) is 11.3. The van der Waals surface area contributed by atoms with Gasteiger partial charge < -0.3 is 5.32 Å². The molecule has 0 aliphatic carbocycles. The van der Waals surface area contributed by atoms with Gasteiger partial charge in [-0.3, -0.25) is 9.10 Å². The van der Waals surface area contributed by atoms with E-state index in [-0.39, 0.29) is 12.5 Å². The fourth-order valence-corrected chi connectivity index (χ4v) is 4.62. The summed E-state index contributed by atoms with van der Waals surface area (Å²) in [5, 5.41) is 3.50. The van der Waals surface area contributed by atoms with Gasteiger partial charge in [0.15, 0.2) is 0 Å². The van der Waals surface area contributed by atoms with Gasteiger partial charge in [-0.15, -0.1) is 0 Å². The maximum Gasteiger partial charge on any atom is 0.240 e. The molecule has 0 aliphatic heterocycles. The lowest BCUT2D eigenvalue weighted by atomic mass is 10.1. The van der Waals surface area contributed by atoms with Crippen LogP contribution in [0.25, 0.3) is 0 Å². The van der Waals surface area contributed by atoms with E-state index in [1.807, 2.05) is 44.2 Å². The SMILES string of the molecule is Cc1cc(C)cc(N(CC(=O)NCCSCc2cccc(Cl)c2)S(C)(=O)=O)c1. The van der Waals surface area contributed by atoms with Gasteiger partial charge >= 0.3 is 0 Å². The zero-order chi connectivity index (χ0) is 20.7. The molecule has 2 aromatic carbocycles. The molecule has 0 aliphatic rings. The summed E-state index contributed by atoms with van der Waals surface area (Å²) in [6, 6.07) is 13.2. The summed E-state index contributed by atoms with van der Waals surface area (Å²) in [6.07, 6.45) is 1.11. The van der Waals surface area contributed by atoms with Crippen LogP contribution in [0.4, 0.5) is 5.69 Å². The van der Waals surface area contributed by atoms with Crippen molar-refractivity contribution >= 4 is 45.0 Å². The van der Waals surface area contributed by atoms with Crippen LogP contribution in [0.3, 0.4) is 0 Å². The fourth-order valence-electron chi connectivity index (χ4n) is 2.76. The van der Waals surface area contributed by atoms with Crippen molar-refractivity contribution in [1.82, 2.24) is 5.32 Å². The number of hydrogen-bond acceptors (Lipinski definition) is 4. The molecular formula is C20H25ClN2O3S2. The molecule has 0 fully saturated rings. The number of aryl methyl sites for hydroxylation is 2. The number of carbonyl (C=O) groups is 1. The monoisotopic (exact) mass is 440 g/mol. The number of benzene rings is 2. The maximum absolute atomic E-state index is 12.3. The second-order valence-corrected chi connectivity index (χ2v) is 10.1. The zero-order valence-electron chi connectivity index (χ0n) is 16.2. The van der Waals surface area contributed by atoms with E-state index < -0.39 is 10.0 Å². The van der Waals surface area contributed by atoms with Crippen LogP contribution in [-0.2, 0) is 20.6 Å². The van der Waals surface area contributed by atoms with Crippen LogP contribution in [0.15, 0.2) is 42.5 Å². The molecule has 0 heterocycles. The summed E-state index contributed by atoms with van der Waals surface area (Å²) >= 11 is 7.64. The molecule has 2 aromatic rings. The summed E-state index contributed by atoms with van der Waals surface area (Å²) < 4.78 is 25.5. The van der Waals surface area contributed by atoms with Gasteiger partial charge in [0.05, 0.1) is 11.9 Å². The molecule has 1 amide bonds. The second kappa shape index (κ2) is 10.2. The highest BCUT2D eigenvalue weighted by molar-refractivity contribution is 7.98. The van der Waals surface area contributed by atoms with Crippen molar-refractivity contribution in [2.45, 2.75) is 19.6 Å². The molecule has 28 heavy (non-hydrogen) atoms. The molecule has 0 saturated carbocycles. The average molecular weight is 441 g/mol. The van der Waals surface area contributed by atoms with E-state index in [1.165, 1.54) is 0 Å². The molecule has 0 bridgehead atoms. The second-order valence-electron chi connectivity index (χ2n) is 6.65. The lowest BCUT2D eigenvalue weighted by Crippen LogP contribution is -2.41. The summed E-state index contributed by atoms with van der Waals surface area (Å²) in [6.45, 7) is 4.03. The van der Waals surface area contributed by atoms with Gasteiger partial charge in [-0.1, -0.05) is 29.8 Å². The minimum atomic E-state index is -3.57. The number of nitrogens with one attached hydrogen (secondary N) is 1. The van der Waals surface area contributed by atoms with E-state index in [0.29, 0.717) is 17.3 Å². The molecule has 8 heteroatoms. The number of thioether (sulfide) groups is 1. The first kappa shape index (κ1) is 22.6. The minimum Gasteiger partial charge on any atom is -0.354 e. The Morgan fingerprint density at radius 2 is 1.82 bits per heavy atom. The van der Waals surface area contributed by atoms with Gasteiger partial charge in [0.2, 0.25) is 15.9 Å². The number of rotatable bonds is 9. The van der Waals surface area contributed by atoms with Crippen molar-refractivity contribution in [2.75, 3.05) is 29.4 Å². The Bertz CT molecular complexity index is 913. The van der Waals surface area contributed by atoms with E-state index >= 15 is 0 Å². The minimum absolute atomic E-state index is 0.235. The summed E-state index contributed by atoms with van der Waals surface area (Å²) in [5.41, 5.74) is 3.52. The Balaban J connectivity index is 1.86. The number of sulfonamides is 1. The van der Waals surface area contributed by atoms with Crippen LogP contribution in [0, 0.1) is 13.8 Å². The molecule has 152 valence electrons. The molecule has 2 rings (SSSR count). The van der Waals surface area contributed by atoms with E-state index in [2.05, 4.69) is 5.32 Å². The van der Waals surface area contributed by atoms with Gasteiger partial charge in [0, 0.05) is 23.1 Å². The van der Waals surface area contributed by atoms with E-state index in [0.717, 1.165) is 38.8 Å². The molecule has 5 nitrogen and oxygen atoms in total. The molecule has 0 radical (unpaired) electrons. The maximum atomic E-state index is 12.3. The molecule has 0 atom stereocenters. The Kier molecular flexibility index (Phi) is 8.22. The third kappa shape index (κ3) is 7.37. The van der Waals surface area contributed by atoms with Gasteiger partial charge in [-0.2, -0.15) is 11.8 Å². The van der Waals surface area contributed by atoms with Crippen molar-refractivity contribution in [3.8, 4) is 0 Å². The first-order chi connectivity index (χ1) is 13.1. The highest BCUT2D eigenvalue weighted by atomic mass is 35.5. The van der Waals surface area contributed by atoms with Gasteiger partial charge in [0.1, 0.15) is 6.54 Å². The highest BCUT2D eigenvalue weighted by Gasteiger charge is 2.21. The van der Waals surface area contributed by atoms with Crippen LogP contribution < -0.4 is 9.62 Å². The Morgan fingerprint density at radius 3 is 2.43 bits per heavy atom.